The third-order valence-corrected chi connectivity index (χ3v) is 4.98. The molecule has 1 atom stereocenters. The molecule has 0 bridgehead atoms. The summed E-state index contributed by atoms with van der Waals surface area (Å²) < 4.78 is 0.927. The molecule has 1 aromatic carbocycles. The van der Waals surface area contributed by atoms with Crippen molar-refractivity contribution in [2.45, 2.75) is 38.1 Å². The van der Waals surface area contributed by atoms with Gasteiger partial charge in [-0.15, -0.1) is 0 Å². The molecule has 1 unspecified atom stereocenters. The number of halogens is 2. The predicted molar refractivity (Wildman–Crippen MR) is 82.2 cm³/mol. The van der Waals surface area contributed by atoms with Gasteiger partial charge in [-0.3, -0.25) is 0 Å². The fraction of sp³-hybridized carbons (Fsp3) is 0.571. The maximum atomic E-state index is 6.11. The molecule has 100 valence electrons. The first kappa shape index (κ1) is 14.2. The second kappa shape index (κ2) is 6.78. The summed E-state index contributed by atoms with van der Waals surface area (Å²) in [7, 11) is 0. The van der Waals surface area contributed by atoms with Crippen molar-refractivity contribution < 1.29 is 0 Å². The third-order valence-electron chi connectivity index (χ3n) is 3.74. The number of hydrogen-bond donors (Lipinski definition) is 2. The molecule has 1 fully saturated rings. The van der Waals surface area contributed by atoms with Gasteiger partial charge in [0.05, 0.1) is 5.02 Å². The van der Waals surface area contributed by atoms with Crippen molar-refractivity contribution in [1.82, 2.24) is 0 Å². The first-order valence-corrected chi connectivity index (χ1v) is 7.79. The molecule has 0 heterocycles. The molecule has 2 nitrogen and oxygen atoms in total. The molecule has 1 aliphatic rings. The van der Waals surface area contributed by atoms with E-state index in [0.29, 0.717) is 18.5 Å². The van der Waals surface area contributed by atoms with Crippen molar-refractivity contribution in [3.8, 4) is 0 Å². The highest BCUT2D eigenvalue weighted by molar-refractivity contribution is 9.10. The highest BCUT2D eigenvalue weighted by atomic mass is 79.9. The van der Waals surface area contributed by atoms with E-state index in [1.807, 2.05) is 18.2 Å². The molecule has 3 N–H and O–H groups in total. The van der Waals surface area contributed by atoms with Crippen LogP contribution in [0.2, 0.25) is 5.02 Å². The minimum atomic E-state index is 0.363. The van der Waals surface area contributed by atoms with Gasteiger partial charge in [0.15, 0.2) is 0 Å². The van der Waals surface area contributed by atoms with Crippen molar-refractivity contribution in [2.24, 2.45) is 11.7 Å². The highest BCUT2D eigenvalue weighted by Crippen LogP contribution is 2.30. The lowest BCUT2D eigenvalue weighted by molar-refractivity contribution is 0.320. The number of nitrogens with one attached hydrogen (secondary N) is 1. The lowest BCUT2D eigenvalue weighted by Gasteiger charge is -2.30. The van der Waals surface area contributed by atoms with Crippen molar-refractivity contribution >= 4 is 33.2 Å². The van der Waals surface area contributed by atoms with E-state index in [-0.39, 0.29) is 0 Å². The summed E-state index contributed by atoms with van der Waals surface area (Å²) in [4.78, 5) is 0. The highest BCUT2D eigenvalue weighted by Gasteiger charge is 2.22. The standard InChI is InChI=1S/C14H20BrClN2/c15-12-7-6-11(8-13(12)16)18-14(9-17)10-4-2-1-3-5-10/h6-8,10,14,18H,1-5,9,17H2. The summed E-state index contributed by atoms with van der Waals surface area (Å²) in [5, 5.41) is 4.27. The summed E-state index contributed by atoms with van der Waals surface area (Å²) in [6, 6.07) is 6.33. The molecule has 0 aromatic heterocycles. The van der Waals surface area contributed by atoms with Gasteiger partial charge >= 0.3 is 0 Å². The lowest BCUT2D eigenvalue weighted by atomic mass is 9.84. The van der Waals surface area contributed by atoms with Gasteiger partial charge in [-0.2, -0.15) is 0 Å². The van der Waals surface area contributed by atoms with E-state index in [4.69, 9.17) is 17.3 Å². The van der Waals surface area contributed by atoms with Gasteiger partial charge in [0.2, 0.25) is 0 Å². The van der Waals surface area contributed by atoms with Crippen molar-refractivity contribution in [1.29, 1.82) is 0 Å². The molecule has 1 aromatic rings. The van der Waals surface area contributed by atoms with E-state index in [1.54, 1.807) is 0 Å². The number of hydrogen-bond acceptors (Lipinski definition) is 2. The fourth-order valence-electron chi connectivity index (χ4n) is 2.71. The van der Waals surface area contributed by atoms with Crippen molar-refractivity contribution in [3.63, 3.8) is 0 Å². The maximum Gasteiger partial charge on any atom is 0.0568 e. The van der Waals surface area contributed by atoms with Crippen LogP contribution in [0.15, 0.2) is 22.7 Å². The van der Waals surface area contributed by atoms with Crippen LogP contribution in [0.3, 0.4) is 0 Å². The zero-order chi connectivity index (χ0) is 13.0. The Kier molecular flexibility index (Phi) is 5.34. The molecular weight excluding hydrogens is 312 g/mol. The molecule has 18 heavy (non-hydrogen) atoms. The molecule has 1 saturated carbocycles. The Morgan fingerprint density at radius 3 is 2.67 bits per heavy atom. The van der Waals surface area contributed by atoms with Crippen LogP contribution >= 0.6 is 27.5 Å². The van der Waals surface area contributed by atoms with Gasteiger partial charge in [0, 0.05) is 22.7 Å². The Bertz CT molecular complexity index is 391. The zero-order valence-corrected chi connectivity index (χ0v) is 12.8. The number of nitrogens with two attached hydrogens (primary N) is 1. The molecule has 0 radical (unpaired) electrons. The molecule has 0 spiro atoms. The van der Waals surface area contributed by atoms with E-state index in [2.05, 4.69) is 21.2 Å². The van der Waals surface area contributed by atoms with Crippen LogP contribution < -0.4 is 11.1 Å². The van der Waals surface area contributed by atoms with Gasteiger partial charge < -0.3 is 11.1 Å². The summed E-state index contributed by atoms with van der Waals surface area (Å²) in [5.41, 5.74) is 6.97. The van der Waals surface area contributed by atoms with Crippen molar-refractivity contribution in [3.05, 3.63) is 27.7 Å². The van der Waals surface area contributed by atoms with Gasteiger partial charge in [0.1, 0.15) is 0 Å². The van der Waals surface area contributed by atoms with Gasteiger partial charge in [-0.25, -0.2) is 0 Å². The molecule has 4 heteroatoms. The minimum Gasteiger partial charge on any atom is -0.381 e. The normalized spacial score (nSPS) is 18.6. The summed E-state index contributed by atoms with van der Waals surface area (Å²) in [6.07, 6.45) is 6.63. The van der Waals surface area contributed by atoms with Crippen LogP contribution in [0.4, 0.5) is 5.69 Å². The van der Waals surface area contributed by atoms with E-state index >= 15 is 0 Å². The Morgan fingerprint density at radius 1 is 1.33 bits per heavy atom. The monoisotopic (exact) mass is 330 g/mol. The molecule has 1 aliphatic carbocycles. The zero-order valence-electron chi connectivity index (χ0n) is 10.5. The first-order valence-electron chi connectivity index (χ1n) is 6.62. The SMILES string of the molecule is NCC(Nc1ccc(Br)c(Cl)c1)C1CCCCC1. The molecule has 0 aliphatic heterocycles. The van der Waals surface area contributed by atoms with Crippen molar-refractivity contribution in [2.75, 3.05) is 11.9 Å². The van der Waals surface area contributed by atoms with E-state index < -0.39 is 0 Å². The second-order valence-corrected chi connectivity index (χ2v) is 6.28. The average Bonchev–Trinajstić information content (AvgIpc) is 2.41. The molecule has 0 saturated heterocycles. The summed E-state index contributed by atoms with van der Waals surface area (Å²) in [5.74, 6) is 0.700. The third kappa shape index (κ3) is 3.62. The number of benzene rings is 1. The predicted octanol–water partition coefficient (Wildman–Crippen LogP) is 4.42. The average molecular weight is 332 g/mol. The Labute approximate surface area is 122 Å². The van der Waals surface area contributed by atoms with Crippen LogP contribution in [0.5, 0.6) is 0 Å². The first-order chi connectivity index (χ1) is 8.70. The van der Waals surface area contributed by atoms with Crippen LogP contribution in [-0.4, -0.2) is 12.6 Å². The fourth-order valence-corrected chi connectivity index (χ4v) is 3.13. The Hall–Kier alpha value is -0.250. The summed E-state index contributed by atoms with van der Waals surface area (Å²) >= 11 is 9.51. The number of rotatable bonds is 4. The van der Waals surface area contributed by atoms with Crippen LogP contribution in [0.1, 0.15) is 32.1 Å². The van der Waals surface area contributed by atoms with Gasteiger partial charge in [-0.05, 0) is 52.9 Å². The minimum absolute atomic E-state index is 0.363. The topological polar surface area (TPSA) is 38.0 Å². The number of anilines is 1. The van der Waals surface area contributed by atoms with Crippen LogP contribution in [0, 0.1) is 5.92 Å². The van der Waals surface area contributed by atoms with Gasteiger partial charge in [-0.1, -0.05) is 30.9 Å². The molecule has 0 amide bonds. The second-order valence-electron chi connectivity index (χ2n) is 5.01. The van der Waals surface area contributed by atoms with E-state index in [0.717, 1.165) is 15.2 Å². The van der Waals surface area contributed by atoms with Crippen LogP contribution in [0.25, 0.3) is 0 Å². The lowest BCUT2D eigenvalue weighted by Crippen LogP contribution is -2.37. The largest absolute Gasteiger partial charge is 0.381 e. The maximum absolute atomic E-state index is 6.11. The summed E-state index contributed by atoms with van der Waals surface area (Å²) in [6.45, 7) is 0.679. The Morgan fingerprint density at radius 2 is 2.06 bits per heavy atom. The molecule has 2 rings (SSSR count). The quantitative estimate of drug-likeness (QED) is 0.857. The van der Waals surface area contributed by atoms with E-state index in [9.17, 15) is 0 Å². The Balaban J connectivity index is 2.02. The van der Waals surface area contributed by atoms with E-state index in [1.165, 1.54) is 32.1 Å². The van der Waals surface area contributed by atoms with Crippen LogP contribution in [-0.2, 0) is 0 Å². The smallest absolute Gasteiger partial charge is 0.0568 e. The van der Waals surface area contributed by atoms with Gasteiger partial charge in [0.25, 0.3) is 0 Å². The molecular formula is C14H20BrClN2.